The number of carbonyl (C=O) groups excluding carboxylic acids is 3. The second-order valence-electron chi connectivity index (χ2n) is 17.3. The first-order valence-electron chi connectivity index (χ1n) is 22.2. The number of hydrogen-bond acceptors (Lipinski definition) is 16. The number of nitrogens with two attached hydrogens (primary N) is 1. The average Bonchev–Trinajstić information content (AvgIpc) is 4.05. The van der Waals surface area contributed by atoms with Gasteiger partial charge in [-0.25, -0.2) is 19.7 Å². The van der Waals surface area contributed by atoms with E-state index in [9.17, 15) is 19.5 Å². The van der Waals surface area contributed by atoms with Crippen LogP contribution in [0.15, 0.2) is 50.3 Å². The van der Waals surface area contributed by atoms with E-state index in [-0.39, 0.29) is 78.9 Å². The maximum atomic E-state index is 13.9. The van der Waals surface area contributed by atoms with Gasteiger partial charge in [-0.1, -0.05) is 59.8 Å². The molecule has 3 aromatic heterocycles. The number of amides is 1. The van der Waals surface area contributed by atoms with Crippen molar-refractivity contribution in [3.05, 3.63) is 48.6 Å². The number of aliphatic hydroxyl groups excluding tert-OH is 1. The normalized spacial score (nSPS) is 27.0. The Hall–Kier alpha value is -4.68. The van der Waals surface area contributed by atoms with Gasteiger partial charge in [-0.2, -0.15) is 0 Å². The molecule has 1 aliphatic heterocycles. The third-order valence-electron chi connectivity index (χ3n) is 12.5. The summed E-state index contributed by atoms with van der Waals surface area (Å²) in [4.78, 5) is 53.1. The minimum atomic E-state index is -1.04. The molecular weight excluding hydrogens is 829 g/mol. The monoisotopic (exact) mass is 898 g/mol. The van der Waals surface area contributed by atoms with Crippen LogP contribution in [-0.2, 0) is 38.0 Å². The van der Waals surface area contributed by atoms with Gasteiger partial charge in [0.2, 0.25) is 17.7 Å². The Bertz CT molecular complexity index is 1960. The standard InChI is InChI=1S/C47H70N4O13/c1-12-14-28(4)43(58-10)29(5)36(52)18-17-27(3)39(57-9)22-40-31(7)38(56-8)15-13-16-41-49-34(24-60-41)45-51-35(25-62-45)46-50-33(23-61-46)44(59-11)30(6)37(53)20-26(2)19-32(63-47(48)55)21-42(54)64-40/h12-14,16,23-32,37-40,43-44,53H,15,17-22H2,1-11H3,(H2,48,55)/b14-12+,16-13+. The number of cyclic esters (lactones) is 1. The number of primary amides is 1. The quantitative estimate of drug-likeness (QED) is 0.108. The highest BCUT2D eigenvalue weighted by molar-refractivity contribution is 5.81. The van der Waals surface area contributed by atoms with Crippen molar-refractivity contribution in [1.82, 2.24) is 15.0 Å². The van der Waals surface area contributed by atoms with Gasteiger partial charge < -0.3 is 52.5 Å². The molecule has 0 saturated heterocycles. The number of aromatic nitrogens is 3. The van der Waals surface area contributed by atoms with Crippen molar-refractivity contribution in [1.29, 1.82) is 0 Å². The van der Waals surface area contributed by atoms with E-state index in [1.807, 2.05) is 66.7 Å². The van der Waals surface area contributed by atoms with Gasteiger partial charge in [-0.05, 0) is 50.5 Å². The summed E-state index contributed by atoms with van der Waals surface area (Å²) >= 11 is 0. The Kier molecular flexibility index (Phi) is 20.4. The molecule has 0 spiro atoms. The lowest BCUT2D eigenvalue weighted by Gasteiger charge is -2.34. The molecule has 0 saturated carbocycles. The fourth-order valence-electron chi connectivity index (χ4n) is 8.69. The number of fused-ring (bicyclic) bond motifs is 8. The fraction of sp³-hybridized carbons (Fsp3) is 0.660. The van der Waals surface area contributed by atoms with E-state index in [4.69, 9.17) is 47.4 Å². The number of ketones is 1. The van der Waals surface area contributed by atoms with Crippen LogP contribution in [-0.4, -0.2) is 103 Å². The van der Waals surface area contributed by atoms with Gasteiger partial charge in [0.25, 0.3) is 0 Å². The van der Waals surface area contributed by atoms with Crippen LogP contribution in [0.4, 0.5) is 4.79 Å². The number of aliphatic hydroxyl groups is 1. The molecule has 4 rings (SSSR count). The van der Waals surface area contributed by atoms with Crippen molar-refractivity contribution in [3.8, 4) is 23.2 Å². The van der Waals surface area contributed by atoms with E-state index >= 15 is 0 Å². The summed E-state index contributed by atoms with van der Waals surface area (Å²) < 4.78 is 52.4. The smallest absolute Gasteiger partial charge is 0.404 e. The maximum absolute atomic E-state index is 13.9. The maximum Gasteiger partial charge on any atom is 0.404 e. The van der Waals surface area contributed by atoms with Crippen molar-refractivity contribution >= 4 is 23.9 Å². The highest BCUT2D eigenvalue weighted by Gasteiger charge is 2.36. The van der Waals surface area contributed by atoms with Crippen LogP contribution in [0, 0.1) is 35.5 Å². The van der Waals surface area contributed by atoms with Crippen LogP contribution in [0.1, 0.15) is 111 Å². The van der Waals surface area contributed by atoms with Gasteiger partial charge in [0.05, 0.1) is 30.8 Å². The van der Waals surface area contributed by atoms with E-state index in [0.717, 1.165) is 0 Å². The molecule has 0 aromatic carbocycles. The molecule has 4 heterocycles. The van der Waals surface area contributed by atoms with Gasteiger partial charge in [-0.15, -0.1) is 0 Å². The van der Waals surface area contributed by atoms with Gasteiger partial charge in [0.1, 0.15) is 48.6 Å². The molecule has 3 N–H and O–H groups in total. The van der Waals surface area contributed by atoms with Crippen molar-refractivity contribution in [2.24, 2.45) is 41.2 Å². The Morgan fingerprint density at radius 2 is 1.61 bits per heavy atom. The van der Waals surface area contributed by atoms with Gasteiger partial charge >= 0.3 is 12.1 Å². The molecule has 1 aliphatic rings. The Balaban J connectivity index is 1.62. The summed E-state index contributed by atoms with van der Waals surface area (Å²) in [7, 11) is 6.33. The summed E-state index contributed by atoms with van der Waals surface area (Å²) in [6, 6.07) is 0. The zero-order valence-electron chi connectivity index (χ0n) is 39.3. The Labute approximate surface area is 376 Å². The molecule has 17 nitrogen and oxygen atoms in total. The molecule has 3 aromatic rings. The van der Waals surface area contributed by atoms with Gasteiger partial charge in [0.15, 0.2) is 11.4 Å². The number of oxazole rings is 3. The highest BCUT2D eigenvalue weighted by atomic mass is 16.6. The van der Waals surface area contributed by atoms with Crippen molar-refractivity contribution in [2.45, 2.75) is 136 Å². The molecule has 1 amide bonds. The van der Waals surface area contributed by atoms with E-state index in [2.05, 4.69) is 15.0 Å². The van der Waals surface area contributed by atoms with Crippen molar-refractivity contribution < 1.29 is 61.2 Å². The van der Waals surface area contributed by atoms with Crippen LogP contribution in [0.3, 0.4) is 0 Å². The minimum absolute atomic E-state index is 0.0675. The van der Waals surface area contributed by atoms with Crippen LogP contribution in [0.5, 0.6) is 0 Å². The molecule has 356 valence electrons. The highest BCUT2D eigenvalue weighted by Crippen LogP contribution is 2.34. The van der Waals surface area contributed by atoms with Gasteiger partial charge in [0, 0.05) is 65.0 Å². The number of ether oxygens (including phenoxy) is 6. The van der Waals surface area contributed by atoms with E-state index in [0.29, 0.717) is 42.2 Å². The second-order valence-corrected chi connectivity index (χ2v) is 17.3. The second kappa shape index (κ2) is 25.1. The predicted octanol–water partition coefficient (Wildman–Crippen LogP) is 8.17. The van der Waals surface area contributed by atoms with Crippen molar-refractivity contribution in [3.63, 3.8) is 0 Å². The zero-order valence-corrected chi connectivity index (χ0v) is 39.3. The third-order valence-corrected chi connectivity index (χ3v) is 12.5. The molecule has 0 aliphatic carbocycles. The molecule has 0 radical (unpaired) electrons. The number of nitrogens with zero attached hydrogens (tertiary/aromatic N) is 3. The third kappa shape index (κ3) is 14.4. The SMILES string of the molecule is C/C=C/C(C)C(OC)C(C)C(=O)CCC(C)C(CC1OC(=O)CC(OC(N)=O)CC(C)CC(O)C(C)C(OC)c2coc(n2)-c2coc(n2)-c2coc(n2)/C=C/CC(OC)C1C)OC. The first-order chi connectivity index (χ1) is 30.5. The average molecular weight is 899 g/mol. The summed E-state index contributed by atoms with van der Waals surface area (Å²) in [6.45, 7) is 13.5. The van der Waals surface area contributed by atoms with Crippen molar-refractivity contribution in [2.75, 3.05) is 28.4 Å². The van der Waals surface area contributed by atoms with E-state index < -0.39 is 54.6 Å². The van der Waals surface area contributed by atoms with Gasteiger partial charge in [-0.3, -0.25) is 9.59 Å². The molecule has 64 heavy (non-hydrogen) atoms. The largest absolute Gasteiger partial charge is 0.462 e. The van der Waals surface area contributed by atoms with Crippen LogP contribution < -0.4 is 5.73 Å². The van der Waals surface area contributed by atoms with Crippen LogP contribution in [0.2, 0.25) is 0 Å². The molecular formula is C47H70N4O13. The lowest BCUT2D eigenvalue weighted by Crippen LogP contribution is -2.39. The number of methoxy groups -OCH3 is 4. The van der Waals surface area contributed by atoms with Crippen LogP contribution >= 0.6 is 0 Å². The molecule has 13 unspecified atom stereocenters. The zero-order chi connectivity index (χ0) is 47.1. The molecule has 13 atom stereocenters. The Morgan fingerprint density at radius 1 is 0.922 bits per heavy atom. The number of Topliss-reactive ketones (excluding diaryl/α,β-unsaturated/α-hetero) is 1. The summed E-state index contributed by atoms with van der Waals surface area (Å²) in [5, 5.41) is 11.4. The van der Waals surface area contributed by atoms with Crippen LogP contribution in [0.25, 0.3) is 29.2 Å². The lowest BCUT2D eigenvalue weighted by atomic mass is 9.84. The number of rotatable bonds is 15. The minimum Gasteiger partial charge on any atom is -0.462 e. The predicted molar refractivity (Wildman–Crippen MR) is 236 cm³/mol. The fourth-order valence-corrected chi connectivity index (χ4v) is 8.69. The summed E-state index contributed by atoms with van der Waals surface area (Å²) in [5.74, 6) is -1.28. The molecule has 17 heteroatoms. The first-order valence-corrected chi connectivity index (χ1v) is 22.2. The number of allylic oxidation sites excluding steroid dienone is 1. The Morgan fingerprint density at radius 3 is 2.27 bits per heavy atom. The first kappa shape index (κ1) is 51.9. The number of esters is 1. The molecule has 0 fully saturated rings. The molecule has 6 bridgehead atoms. The lowest BCUT2D eigenvalue weighted by molar-refractivity contribution is -0.160. The number of carbonyl (C=O) groups is 3. The van der Waals surface area contributed by atoms with E-state index in [1.54, 1.807) is 27.4 Å². The summed E-state index contributed by atoms with van der Waals surface area (Å²) in [6.07, 6.45) is 8.16. The van der Waals surface area contributed by atoms with E-state index in [1.165, 1.54) is 25.9 Å². The summed E-state index contributed by atoms with van der Waals surface area (Å²) in [5.41, 5.74) is 6.61. The topological polar surface area (TPSA) is 231 Å². The number of hydrogen-bond donors (Lipinski definition) is 2.